The third-order valence-corrected chi connectivity index (χ3v) is 7.55. The number of ketones is 1. The monoisotopic (exact) mass is 489 g/mol. The zero-order valence-electron chi connectivity index (χ0n) is 20.3. The Morgan fingerprint density at radius 3 is 2.59 bits per heavy atom. The van der Waals surface area contributed by atoms with E-state index in [2.05, 4.69) is 23.8 Å². The number of Topliss-reactive ketones (excluding diaryl/α,β-unsaturated/α-hetero) is 1. The van der Waals surface area contributed by atoms with Crippen LogP contribution in [0.4, 0.5) is 4.39 Å². The Bertz CT molecular complexity index is 1070. The van der Waals surface area contributed by atoms with Crippen LogP contribution < -0.4 is 9.46 Å². The molecule has 3 atom stereocenters. The van der Waals surface area contributed by atoms with Crippen LogP contribution in [-0.2, 0) is 21.2 Å². The number of sulfonamides is 1. The summed E-state index contributed by atoms with van der Waals surface area (Å²) < 4.78 is 43.4. The summed E-state index contributed by atoms with van der Waals surface area (Å²) in [7, 11) is -1.71. The van der Waals surface area contributed by atoms with E-state index in [1.165, 1.54) is 25.2 Å². The van der Waals surface area contributed by atoms with Gasteiger partial charge in [0.2, 0.25) is 10.0 Å². The van der Waals surface area contributed by atoms with Crippen molar-refractivity contribution in [2.75, 3.05) is 19.9 Å². The van der Waals surface area contributed by atoms with Gasteiger partial charge in [-0.05, 0) is 78.7 Å². The number of ether oxygens (including phenoxy) is 1. The lowest BCUT2D eigenvalue weighted by molar-refractivity contribution is -0.118. The van der Waals surface area contributed by atoms with Crippen molar-refractivity contribution in [1.82, 2.24) is 4.72 Å². The SMILES string of the molecule is COc1cc([C@@H](C)C[C@H]2CC[C@@H](c3ccc(CC(=O)CCCNS(C)(=O)=O)cc3)C2)ccc1F. The van der Waals surface area contributed by atoms with E-state index >= 15 is 0 Å². The molecule has 0 unspecified atom stereocenters. The van der Waals surface area contributed by atoms with Gasteiger partial charge in [0.15, 0.2) is 11.6 Å². The number of hydrogen-bond donors (Lipinski definition) is 1. The van der Waals surface area contributed by atoms with Crippen molar-refractivity contribution < 1.29 is 22.3 Å². The lowest BCUT2D eigenvalue weighted by atomic mass is 9.87. The number of halogens is 1. The van der Waals surface area contributed by atoms with Crippen molar-refractivity contribution in [2.24, 2.45) is 5.92 Å². The molecule has 1 N–H and O–H groups in total. The van der Waals surface area contributed by atoms with Crippen molar-refractivity contribution in [3.63, 3.8) is 0 Å². The Hall–Kier alpha value is -2.25. The van der Waals surface area contributed by atoms with Gasteiger partial charge in [-0.1, -0.05) is 37.3 Å². The van der Waals surface area contributed by atoms with Crippen molar-refractivity contribution in [1.29, 1.82) is 0 Å². The molecule has 5 nitrogen and oxygen atoms in total. The maximum Gasteiger partial charge on any atom is 0.208 e. The zero-order chi connectivity index (χ0) is 24.7. The number of rotatable bonds is 12. The predicted molar refractivity (Wildman–Crippen MR) is 133 cm³/mol. The van der Waals surface area contributed by atoms with Gasteiger partial charge in [0, 0.05) is 19.4 Å². The van der Waals surface area contributed by atoms with Crippen LogP contribution in [0.25, 0.3) is 0 Å². The molecule has 0 radical (unpaired) electrons. The van der Waals surface area contributed by atoms with Gasteiger partial charge >= 0.3 is 0 Å². The largest absolute Gasteiger partial charge is 0.494 e. The third kappa shape index (κ3) is 7.91. The Morgan fingerprint density at radius 1 is 1.18 bits per heavy atom. The van der Waals surface area contributed by atoms with Crippen LogP contribution in [0, 0.1) is 11.7 Å². The van der Waals surface area contributed by atoms with E-state index in [0.717, 1.165) is 36.6 Å². The van der Waals surface area contributed by atoms with E-state index in [9.17, 15) is 17.6 Å². The zero-order valence-corrected chi connectivity index (χ0v) is 21.2. The molecule has 1 aliphatic carbocycles. The first-order chi connectivity index (χ1) is 16.1. The van der Waals surface area contributed by atoms with E-state index < -0.39 is 10.0 Å². The summed E-state index contributed by atoms with van der Waals surface area (Å²) in [5.74, 6) is 1.62. The Labute approximate surface area is 203 Å². The summed E-state index contributed by atoms with van der Waals surface area (Å²) in [6.45, 7) is 2.49. The average Bonchev–Trinajstić information content (AvgIpc) is 3.25. The summed E-state index contributed by atoms with van der Waals surface area (Å²) in [5.41, 5.74) is 3.44. The number of carbonyl (C=O) groups excluding carboxylic acids is 1. The molecule has 0 saturated heterocycles. The Kier molecular flexibility index (Phi) is 9.25. The van der Waals surface area contributed by atoms with Crippen LogP contribution in [0.2, 0.25) is 0 Å². The minimum absolute atomic E-state index is 0.121. The predicted octanol–water partition coefficient (Wildman–Crippen LogP) is 5.35. The molecule has 0 heterocycles. The highest BCUT2D eigenvalue weighted by atomic mass is 32.2. The first-order valence-corrected chi connectivity index (χ1v) is 13.9. The summed E-state index contributed by atoms with van der Waals surface area (Å²) in [5, 5.41) is 0. The van der Waals surface area contributed by atoms with E-state index in [-0.39, 0.29) is 11.6 Å². The second kappa shape index (κ2) is 11.9. The highest BCUT2D eigenvalue weighted by Gasteiger charge is 2.27. The van der Waals surface area contributed by atoms with Gasteiger partial charge in [-0.15, -0.1) is 0 Å². The van der Waals surface area contributed by atoms with Gasteiger partial charge in [0.25, 0.3) is 0 Å². The molecule has 1 saturated carbocycles. The second-order valence-electron chi connectivity index (χ2n) is 9.63. The van der Waals surface area contributed by atoms with E-state index in [4.69, 9.17) is 4.74 Å². The van der Waals surface area contributed by atoms with Gasteiger partial charge in [0.05, 0.1) is 13.4 Å². The summed E-state index contributed by atoms with van der Waals surface area (Å²) in [4.78, 5) is 12.2. The van der Waals surface area contributed by atoms with E-state index in [1.54, 1.807) is 0 Å². The van der Waals surface area contributed by atoms with Gasteiger partial charge in [0.1, 0.15) is 5.78 Å². The maximum absolute atomic E-state index is 13.7. The molecule has 0 aromatic heterocycles. The summed E-state index contributed by atoms with van der Waals surface area (Å²) in [6.07, 6.45) is 6.95. The molecule has 186 valence electrons. The topological polar surface area (TPSA) is 72.5 Å². The summed E-state index contributed by atoms with van der Waals surface area (Å²) in [6, 6.07) is 13.5. The molecule has 0 aliphatic heterocycles. The second-order valence-corrected chi connectivity index (χ2v) is 11.5. The smallest absolute Gasteiger partial charge is 0.208 e. The molecule has 3 rings (SSSR count). The van der Waals surface area contributed by atoms with Crippen molar-refractivity contribution in [3.05, 3.63) is 65.0 Å². The van der Waals surface area contributed by atoms with Crippen LogP contribution in [0.15, 0.2) is 42.5 Å². The number of hydrogen-bond acceptors (Lipinski definition) is 4. The van der Waals surface area contributed by atoms with Crippen molar-refractivity contribution in [2.45, 2.75) is 63.7 Å². The average molecular weight is 490 g/mol. The molecule has 1 aliphatic rings. The molecule has 2 aromatic rings. The molecular formula is C27H36FNO4S. The maximum atomic E-state index is 13.7. The molecule has 1 fully saturated rings. The van der Waals surface area contributed by atoms with Gasteiger partial charge < -0.3 is 4.74 Å². The lowest BCUT2D eigenvalue weighted by Gasteiger charge is -2.18. The number of carbonyl (C=O) groups is 1. The van der Waals surface area contributed by atoms with Gasteiger partial charge in [-0.3, -0.25) is 4.79 Å². The minimum Gasteiger partial charge on any atom is -0.494 e. The van der Waals surface area contributed by atoms with Crippen LogP contribution in [0.5, 0.6) is 5.75 Å². The normalized spacial score (nSPS) is 19.2. The summed E-state index contributed by atoms with van der Waals surface area (Å²) >= 11 is 0. The molecule has 7 heteroatoms. The molecule has 0 spiro atoms. The highest BCUT2D eigenvalue weighted by molar-refractivity contribution is 7.88. The van der Waals surface area contributed by atoms with Crippen molar-refractivity contribution >= 4 is 15.8 Å². The van der Waals surface area contributed by atoms with Gasteiger partial charge in [-0.2, -0.15) is 0 Å². The molecule has 0 amide bonds. The molecule has 2 aromatic carbocycles. The Morgan fingerprint density at radius 2 is 1.91 bits per heavy atom. The lowest BCUT2D eigenvalue weighted by Crippen LogP contribution is -2.23. The van der Waals surface area contributed by atoms with E-state index in [1.807, 2.05) is 24.3 Å². The van der Waals surface area contributed by atoms with Crippen LogP contribution in [-0.4, -0.2) is 34.1 Å². The Balaban J connectivity index is 1.46. The number of benzene rings is 2. The van der Waals surface area contributed by atoms with Crippen LogP contribution in [0.1, 0.15) is 74.0 Å². The van der Waals surface area contributed by atoms with E-state index in [0.29, 0.717) is 49.3 Å². The van der Waals surface area contributed by atoms with Crippen LogP contribution >= 0.6 is 0 Å². The fourth-order valence-corrected chi connectivity index (χ4v) is 5.49. The molecule has 0 bridgehead atoms. The molecule has 34 heavy (non-hydrogen) atoms. The number of nitrogens with one attached hydrogen (secondary N) is 1. The van der Waals surface area contributed by atoms with Crippen LogP contribution in [0.3, 0.4) is 0 Å². The minimum atomic E-state index is -3.20. The quantitative estimate of drug-likeness (QED) is 0.408. The first kappa shape index (κ1) is 26.4. The third-order valence-electron chi connectivity index (χ3n) is 6.82. The molecular weight excluding hydrogens is 453 g/mol. The standard InChI is InChI=1S/C27H36FNO4S/c1-19(23-12-13-26(28)27(18-23)33-2)15-21-8-11-24(16-21)22-9-6-20(7-10-22)17-25(30)5-4-14-29-34(3,31)32/h6-7,9-10,12-13,18-19,21,24,29H,4-5,8,11,14-17H2,1-3H3/t19-,21+,24+/m0/s1. The fraction of sp³-hybridized carbons (Fsp3) is 0.519. The number of methoxy groups -OCH3 is 1. The van der Waals surface area contributed by atoms with Gasteiger partial charge in [-0.25, -0.2) is 17.5 Å². The highest BCUT2D eigenvalue weighted by Crippen LogP contribution is 2.42. The van der Waals surface area contributed by atoms with Crippen molar-refractivity contribution in [3.8, 4) is 5.75 Å². The first-order valence-electron chi connectivity index (χ1n) is 12.0. The fourth-order valence-electron chi connectivity index (χ4n) is 4.98.